The minimum Gasteiger partial charge on any atom is -0.466 e. The summed E-state index contributed by atoms with van der Waals surface area (Å²) >= 11 is 0. The summed E-state index contributed by atoms with van der Waals surface area (Å²) in [6.07, 6.45) is 5.81. The highest BCUT2D eigenvalue weighted by Crippen LogP contribution is 2.38. The summed E-state index contributed by atoms with van der Waals surface area (Å²) in [5.41, 5.74) is 2.33. The Morgan fingerprint density at radius 2 is 0.907 bits per heavy atom. The van der Waals surface area contributed by atoms with Crippen LogP contribution in [0.25, 0.3) is 0 Å². The molecule has 4 aromatic rings. The summed E-state index contributed by atoms with van der Waals surface area (Å²) < 4.78 is 30.2. The monoisotopic (exact) mass is 752 g/mol. The molecule has 4 rings (SSSR count). The Labute approximate surface area is 324 Å². The molecule has 0 saturated heterocycles. The van der Waals surface area contributed by atoms with Crippen molar-refractivity contribution in [3.8, 4) is 0 Å². The second-order valence-corrected chi connectivity index (χ2v) is 19.0. The maximum atomic E-state index is 13.9. The van der Waals surface area contributed by atoms with E-state index >= 15 is 0 Å². The smallest absolute Gasteiger partial charge is 0.334 e. The standard InChI is InChI=1S/C46H60O7Si/c1-46(2,3)54(41-28-16-10-17-29-41,42-30-18-11-19-31-42)53-43(45(48)52-35-23-7-5-21-33-50-38-40-26-14-9-15-27-40)36-44(47)51-34-22-6-4-20-32-49-37-39-24-12-8-13-25-39/h8-19,24-31,43H,4-7,20-23,32-38H2,1-3H3. The van der Waals surface area contributed by atoms with Crippen LogP contribution in [0.2, 0.25) is 5.04 Å². The SMILES string of the molecule is CC(C)(C)[Si](OC(CC(=O)OCCCCCCOCc1ccccc1)C(=O)OCCCCCCOCc1ccccc1)(c1ccccc1)c1ccccc1. The van der Waals surface area contributed by atoms with Crippen molar-refractivity contribution in [2.45, 2.75) is 103 Å². The number of hydrogen-bond acceptors (Lipinski definition) is 7. The number of ether oxygens (including phenoxy) is 4. The zero-order valence-corrected chi connectivity index (χ0v) is 33.6. The molecule has 4 aromatic carbocycles. The lowest BCUT2D eigenvalue weighted by Crippen LogP contribution is -2.68. The van der Waals surface area contributed by atoms with Crippen LogP contribution < -0.4 is 10.4 Å². The molecule has 0 fully saturated rings. The zero-order chi connectivity index (χ0) is 38.3. The average Bonchev–Trinajstić information content (AvgIpc) is 3.19. The van der Waals surface area contributed by atoms with Crippen LogP contribution in [0.5, 0.6) is 0 Å². The number of carbonyl (C=O) groups is 2. The summed E-state index contributed by atoms with van der Waals surface area (Å²) in [6.45, 7) is 9.61. The lowest BCUT2D eigenvalue weighted by Gasteiger charge is -2.44. The molecule has 0 aliphatic rings. The van der Waals surface area contributed by atoms with Gasteiger partial charge in [-0.25, -0.2) is 4.79 Å². The van der Waals surface area contributed by atoms with Gasteiger partial charge in [-0.05, 0) is 65.1 Å². The third kappa shape index (κ3) is 14.3. The van der Waals surface area contributed by atoms with Crippen LogP contribution in [0.3, 0.4) is 0 Å². The largest absolute Gasteiger partial charge is 0.466 e. The van der Waals surface area contributed by atoms with E-state index in [9.17, 15) is 9.59 Å². The zero-order valence-electron chi connectivity index (χ0n) is 32.6. The van der Waals surface area contributed by atoms with E-state index < -0.39 is 26.4 Å². The van der Waals surface area contributed by atoms with Gasteiger partial charge in [0.15, 0.2) is 6.10 Å². The molecule has 0 bridgehead atoms. The van der Waals surface area contributed by atoms with Crippen molar-refractivity contribution < 1.29 is 33.0 Å². The van der Waals surface area contributed by atoms with Crippen molar-refractivity contribution in [1.29, 1.82) is 0 Å². The molecular formula is C46H60O7Si. The van der Waals surface area contributed by atoms with Gasteiger partial charge >= 0.3 is 11.9 Å². The van der Waals surface area contributed by atoms with Gasteiger partial charge in [0.2, 0.25) is 0 Å². The number of rotatable bonds is 25. The van der Waals surface area contributed by atoms with Crippen molar-refractivity contribution in [2.75, 3.05) is 26.4 Å². The van der Waals surface area contributed by atoms with E-state index in [1.165, 1.54) is 11.1 Å². The molecule has 1 unspecified atom stereocenters. The highest BCUT2D eigenvalue weighted by molar-refractivity contribution is 6.99. The van der Waals surface area contributed by atoms with E-state index in [0.717, 1.165) is 61.7 Å². The van der Waals surface area contributed by atoms with Crippen molar-refractivity contribution in [1.82, 2.24) is 0 Å². The van der Waals surface area contributed by atoms with E-state index in [0.29, 0.717) is 33.0 Å². The molecule has 8 heteroatoms. The van der Waals surface area contributed by atoms with Crippen LogP contribution in [0.1, 0.15) is 89.7 Å². The predicted octanol–water partition coefficient (Wildman–Crippen LogP) is 8.96. The van der Waals surface area contributed by atoms with Crippen LogP contribution in [0, 0.1) is 0 Å². The van der Waals surface area contributed by atoms with Crippen LogP contribution in [-0.4, -0.2) is 52.8 Å². The Bertz CT molecular complexity index is 1550. The highest BCUT2D eigenvalue weighted by Gasteiger charge is 2.52. The second kappa shape index (κ2) is 23.6. The first kappa shape index (κ1) is 42.7. The van der Waals surface area contributed by atoms with E-state index in [1.54, 1.807) is 0 Å². The molecule has 7 nitrogen and oxygen atoms in total. The fourth-order valence-corrected chi connectivity index (χ4v) is 11.2. The van der Waals surface area contributed by atoms with Gasteiger partial charge in [0.25, 0.3) is 8.32 Å². The normalized spacial score (nSPS) is 12.3. The molecule has 0 spiro atoms. The van der Waals surface area contributed by atoms with Crippen molar-refractivity contribution in [3.63, 3.8) is 0 Å². The molecule has 0 heterocycles. The van der Waals surface area contributed by atoms with Crippen molar-refractivity contribution in [3.05, 3.63) is 132 Å². The fraction of sp³-hybridized carbons (Fsp3) is 0.435. The molecule has 0 aromatic heterocycles. The van der Waals surface area contributed by atoms with Gasteiger partial charge < -0.3 is 23.4 Å². The molecule has 0 saturated carbocycles. The lowest BCUT2D eigenvalue weighted by molar-refractivity contribution is -0.159. The first-order valence-electron chi connectivity index (χ1n) is 19.6. The Balaban J connectivity index is 1.31. The quantitative estimate of drug-likeness (QED) is 0.0380. The Morgan fingerprint density at radius 3 is 1.33 bits per heavy atom. The van der Waals surface area contributed by atoms with Gasteiger partial charge in [0, 0.05) is 13.2 Å². The van der Waals surface area contributed by atoms with Crippen LogP contribution >= 0.6 is 0 Å². The molecule has 0 radical (unpaired) electrons. The Kier molecular flexibility index (Phi) is 18.7. The van der Waals surface area contributed by atoms with Gasteiger partial charge in [-0.15, -0.1) is 0 Å². The molecule has 0 aliphatic carbocycles. The third-order valence-electron chi connectivity index (χ3n) is 9.45. The van der Waals surface area contributed by atoms with Crippen LogP contribution in [0.4, 0.5) is 0 Å². The summed E-state index contributed by atoms with van der Waals surface area (Å²) in [5.74, 6) is -0.988. The molecule has 1 atom stereocenters. The number of benzene rings is 4. The summed E-state index contributed by atoms with van der Waals surface area (Å²) in [7, 11) is -3.16. The minimum atomic E-state index is -3.16. The molecule has 0 N–H and O–H groups in total. The number of esters is 2. The lowest BCUT2D eigenvalue weighted by atomic mass is 10.2. The van der Waals surface area contributed by atoms with Crippen LogP contribution in [-0.2, 0) is 46.2 Å². The van der Waals surface area contributed by atoms with Gasteiger partial charge in [0.1, 0.15) is 0 Å². The molecule has 0 amide bonds. The first-order chi connectivity index (χ1) is 26.3. The van der Waals surface area contributed by atoms with Crippen molar-refractivity contribution in [2.24, 2.45) is 0 Å². The maximum absolute atomic E-state index is 13.9. The topological polar surface area (TPSA) is 80.3 Å². The van der Waals surface area contributed by atoms with E-state index in [-0.39, 0.29) is 18.1 Å². The summed E-state index contributed by atoms with van der Waals surface area (Å²) in [4.78, 5) is 27.2. The second-order valence-electron chi connectivity index (χ2n) is 14.8. The number of carbonyl (C=O) groups excluding carboxylic acids is 2. The van der Waals surface area contributed by atoms with Gasteiger partial charge in [-0.1, -0.05) is 155 Å². The van der Waals surface area contributed by atoms with Crippen LogP contribution in [0.15, 0.2) is 121 Å². The number of hydrogen-bond donors (Lipinski definition) is 0. The minimum absolute atomic E-state index is 0.213. The maximum Gasteiger partial charge on any atom is 0.334 e. The van der Waals surface area contributed by atoms with E-state index in [4.69, 9.17) is 23.4 Å². The number of unbranched alkanes of at least 4 members (excludes halogenated alkanes) is 6. The van der Waals surface area contributed by atoms with E-state index in [2.05, 4.69) is 69.3 Å². The summed E-state index contributed by atoms with van der Waals surface area (Å²) in [6, 6.07) is 40.5. The molecule has 0 aliphatic heterocycles. The Hall–Kier alpha value is -4.08. The molecule has 54 heavy (non-hydrogen) atoms. The predicted molar refractivity (Wildman–Crippen MR) is 218 cm³/mol. The van der Waals surface area contributed by atoms with Crippen molar-refractivity contribution >= 4 is 30.6 Å². The van der Waals surface area contributed by atoms with E-state index in [1.807, 2.05) is 72.8 Å². The molecule has 290 valence electrons. The first-order valence-corrected chi connectivity index (χ1v) is 21.5. The Morgan fingerprint density at radius 1 is 0.519 bits per heavy atom. The highest BCUT2D eigenvalue weighted by atomic mass is 28.4. The average molecular weight is 753 g/mol. The van der Waals surface area contributed by atoms with Gasteiger partial charge in [0.05, 0.1) is 32.8 Å². The van der Waals surface area contributed by atoms with Gasteiger partial charge in [-0.3, -0.25) is 4.79 Å². The molecular weight excluding hydrogens is 693 g/mol. The summed E-state index contributed by atoms with van der Waals surface area (Å²) in [5, 5.41) is 1.67. The fourth-order valence-electron chi connectivity index (χ4n) is 6.59. The van der Waals surface area contributed by atoms with Gasteiger partial charge in [-0.2, -0.15) is 0 Å². The third-order valence-corrected chi connectivity index (χ3v) is 14.5.